The molecule has 0 aliphatic rings. The van der Waals surface area contributed by atoms with E-state index in [1.807, 2.05) is 29.6 Å². The topological polar surface area (TPSA) is 91.8 Å². The zero-order chi connectivity index (χ0) is 15.5. The standard InChI is InChI=1S/C15H13N3O3S/c1-21-10-4-2-9(3-5-10)11-7-22-15-13(11)14(17-8-18-15)16-6-12(19)20/h2-5,7-8H,6H2,1H3,(H,19,20)(H,16,17,18). The van der Waals surface area contributed by atoms with Crippen LogP contribution in [0.5, 0.6) is 5.75 Å². The van der Waals surface area contributed by atoms with Crippen molar-refractivity contribution < 1.29 is 20.0 Å². The lowest BCUT2D eigenvalue weighted by Crippen LogP contribution is -2.81. The molecule has 6 nitrogen and oxygen atoms in total. The van der Waals surface area contributed by atoms with Gasteiger partial charge in [-0.3, -0.25) is 5.32 Å². The Kier molecular flexibility index (Phi) is 3.99. The lowest BCUT2D eigenvalue weighted by Gasteiger charge is -2.05. The first kappa shape index (κ1) is 14.4. The number of benzene rings is 1. The highest BCUT2D eigenvalue weighted by Gasteiger charge is 2.15. The van der Waals surface area contributed by atoms with Gasteiger partial charge in [0.15, 0.2) is 0 Å². The van der Waals surface area contributed by atoms with Crippen molar-refractivity contribution in [1.82, 2.24) is 9.97 Å². The van der Waals surface area contributed by atoms with Crippen molar-refractivity contribution in [1.29, 1.82) is 0 Å². The largest absolute Gasteiger partial charge is 0.544 e. The Balaban J connectivity index is 2.07. The van der Waals surface area contributed by atoms with Gasteiger partial charge < -0.3 is 14.6 Å². The molecule has 0 radical (unpaired) electrons. The lowest BCUT2D eigenvalue weighted by molar-refractivity contribution is -0.571. The van der Waals surface area contributed by atoms with E-state index in [0.29, 0.717) is 5.82 Å². The van der Waals surface area contributed by atoms with Gasteiger partial charge in [-0.15, -0.1) is 11.3 Å². The van der Waals surface area contributed by atoms with Gasteiger partial charge in [-0.25, -0.2) is 4.98 Å². The van der Waals surface area contributed by atoms with Crippen molar-refractivity contribution in [2.75, 3.05) is 13.7 Å². The molecule has 0 unspecified atom stereocenters. The number of thiophene rings is 1. The Labute approximate surface area is 130 Å². The van der Waals surface area contributed by atoms with Crippen molar-refractivity contribution in [3.8, 4) is 16.9 Å². The molecule has 2 heterocycles. The van der Waals surface area contributed by atoms with Crippen LogP contribution in [-0.4, -0.2) is 29.6 Å². The molecule has 3 aromatic rings. The van der Waals surface area contributed by atoms with Crippen LogP contribution in [0.4, 0.5) is 5.82 Å². The highest BCUT2D eigenvalue weighted by Crippen LogP contribution is 2.35. The monoisotopic (exact) mass is 315 g/mol. The van der Waals surface area contributed by atoms with Gasteiger partial charge in [-0.05, 0) is 17.7 Å². The normalized spacial score (nSPS) is 10.8. The number of carbonyl (C=O) groups is 1. The molecule has 0 saturated carbocycles. The van der Waals surface area contributed by atoms with Gasteiger partial charge in [-0.2, -0.15) is 4.98 Å². The Bertz CT molecular complexity index is 815. The van der Waals surface area contributed by atoms with E-state index in [1.165, 1.54) is 17.7 Å². The Morgan fingerprint density at radius 1 is 1.32 bits per heavy atom. The third-order valence-corrected chi connectivity index (χ3v) is 4.15. The number of hydrogen-bond acceptors (Lipinski definition) is 6. The Morgan fingerprint density at radius 3 is 2.77 bits per heavy atom. The molecular weight excluding hydrogens is 302 g/mol. The predicted molar refractivity (Wildman–Crippen MR) is 80.9 cm³/mol. The quantitative estimate of drug-likeness (QED) is 0.732. The maximum absolute atomic E-state index is 10.7. The number of aromatic nitrogens is 2. The summed E-state index contributed by atoms with van der Waals surface area (Å²) in [6.45, 7) is -0.177. The number of rotatable bonds is 5. The van der Waals surface area contributed by atoms with E-state index in [9.17, 15) is 9.90 Å². The van der Waals surface area contributed by atoms with Gasteiger partial charge in [0.25, 0.3) is 0 Å². The maximum atomic E-state index is 10.7. The van der Waals surface area contributed by atoms with Gasteiger partial charge in [0.05, 0.1) is 13.1 Å². The predicted octanol–water partition coefficient (Wildman–Crippen LogP) is 0.312. The zero-order valence-electron chi connectivity index (χ0n) is 11.8. The van der Waals surface area contributed by atoms with Crippen LogP contribution < -0.4 is 15.2 Å². The minimum Gasteiger partial charge on any atom is -0.544 e. The number of hydrogen-bond donors (Lipinski definition) is 1. The molecule has 0 amide bonds. The average molecular weight is 315 g/mol. The van der Waals surface area contributed by atoms with E-state index in [0.717, 1.165) is 27.1 Å². The number of carbonyl (C=O) groups excluding carboxylic acids is 1. The van der Waals surface area contributed by atoms with Crippen molar-refractivity contribution in [2.45, 2.75) is 0 Å². The number of methoxy groups -OCH3 is 1. The summed E-state index contributed by atoms with van der Waals surface area (Å²) in [7, 11) is 1.62. The Hall–Kier alpha value is -2.51. The summed E-state index contributed by atoms with van der Waals surface area (Å²) in [5.41, 5.74) is 1.98. The molecule has 112 valence electrons. The second-order valence-electron chi connectivity index (χ2n) is 4.60. The molecule has 0 fully saturated rings. The molecule has 0 aliphatic carbocycles. The summed E-state index contributed by atoms with van der Waals surface area (Å²) in [6.07, 6.45) is 1.44. The van der Waals surface area contributed by atoms with Gasteiger partial charge in [0.1, 0.15) is 28.8 Å². The van der Waals surface area contributed by atoms with Crippen LogP contribution in [0.1, 0.15) is 0 Å². The highest BCUT2D eigenvalue weighted by atomic mass is 32.1. The molecular formula is C15H13N3O3S. The van der Waals surface area contributed by atoms with Crippen molar-refractivity contribution in [2.24, 2.45) is 0 Å². The van der Waals surface area contributed by atoms with Crippen LogP contribution in [0.15, 0.2) is 36.0 Å². The van der Waals surface area contributed by atoms with Crippen LogP contribution in [0.25, 0.3) is 21.3 Å². The molecule has 0 saturated heterocycles. The van der Waals surface area contributed by atoms with Crippen LogP contribution >= 0.6 is 11.3 Å². The number of ether oxygens (including phenoxy) is 1. The molecule has 2 N–H and O–H groups in total. The average Bonchev–Trinajstić information content (AvgIpc) is 2.97. The van der Waals surface area contributed by atoms with Gasteiger partial charge >= 0.3 is 0 Å². The minimum absolute atomic E-state index is 0.177. The van der Waals surface area contributed by atoms with Crippen molar-refractivity contribution in [3.05, 3.63) is 36.0 Å². The fraction of sp³-hybridized carbons (Fsp3) is 0.133. The van der Waals surface area contributed by atoms with Crippen molar-refractivity contribution in [3.63, 3.8) is 0 Å². The maximum Gasteiger partial charge on any atom is 0.237 e. The zero-order valence-corrected chi connectivity index (χ0v) is 12.6. The number of fused-ring (bicyclic) bond motifs is 1. The van der Waals surface area contributed by atoms with Crippen LogP contribution in [-0.2, 0) is 4.79 Å². The SMILES string of the molecule is COc1ccc(-c2csc3ncnc([NH2+]CC(=O)[O-])c23)cc1. The van der Waals surface area contributed by atoms with Gasteiger partial charge in [0, 0.05) is 10.9 Å². The van der Waals surface area contributed by atoms with Crippen LogP contribution in [0.2, 0.25) is 0 Å². The highest BCUT2D eigenvalue weighted by molar-refractivity contribution is 7.17. The van der Waals surface area contributed by atoms with Crippen molar-refractivity contribution >= 4 is 33.3 Å². The second kappa shape index (κ2) is 6.08. The number of nitrogens with two attached hydrogens (primary N) is 1. The van der Waals surface area contributed by atoms with E-state index in [2.05, 4.69) is 9.97 Å². The number of carboxylic acids is 1. The molecule has 0 spiro atoms. The van der Waals surface area contributed by atoms with E-state index in [-0.39, 0.29) is 6.54 Å². The number of carboxylic acid groups (broad SMARTS) is 1. The molecule has 1 aromatic carbocycles. The first-order valence-corrected chi connectivity index (χ1v) is 7.46. The first-order valence-electron chi connectivity index (χ1n) is 6.58. The molecule has 0 bridgehead atoms. The second-order valence-corrected chi connectivity index (χ2v) is 5.46. The number of quaternary nitrogens is 1. The van der Waals surface area contributed by atoms with Crippen LogP contribution in [0, 0.1) is 0 Å². The molecule has 7 heteroatoms. The first-order chi connectivity index (χ1) is 10.7. The summed E-state index contributed by atoms with van der Waals surface area (Å²) in [4.78, 5) is 19.9. The summed E-state index contributed by atoms with van der Waals surface area (Å²) in [6, 6.07) is 7.67. The van der Waals surface area contributed by atoms with Gasteiger partial charge in [-0.1, -0.05) is 12.1 Å². The minimum atomic E-state index is -1.13. The number of nitrogens with zero attached hydrogens (tertiary/aromatic N) is 2. The van der Waals surface area contributed by atoms with E-state index < -0.39 is 5.97 Å². The molecule has 22 heavy (non-hydrogen) atoms. The van der Waals surface area contributed by atoms with Crippen LogP contribution in [0.3, 0.4) is 0 Å². The lowest BCUT2D eigenvalue weighted by atomic mass is 10.1. The van der Waals surface area contributed by atoms with Gasteiger partial charge in [0.2, 0.25) is 5.82 Å². The fourth-order valence-electron chi connectivity index (χ4n) is 2.22. The summed E-state index contributed by atoms with van der Waals surface area (Å²) < 4.78 is 5.16. The fourth-order valence-corrected chi connectivity index (χ4v) is 3.14. The Morgan fingerprint density at radius 2 is 2.09 bits per heavy atom. The molecule has 0 aliphatic heterocycles. The third-order valence-electron chi connectivity index (χ3n) is 3.26. The molecule has 2 aromatic heterocycles. The smallest absolute Gasteiger partial charge is 0.237 e. The number of aliphatic carboxylic acids is 1. The summed E-state index contributed by atoms with van der Waals surface area (Å²) in [5, 5.41) is 15.1. The van der Waals surface area contributed by atoms with E-state index in [1.54, 1.807) is 12.4 Å². The third kappa shape index (κ3) is 2.76. The van der Waals surface area contributed by atoms with E-state index in [4.69, 9.17) is 4.74 Å². The van der Waals surface area contributed by atoms with E-state index >= 15 is 0 Å². The molecule has 0 atom stereocenters. The molecule has 3 rings (SSSR count). The summed E-state index contributed by atoms with van der Waals surface area (Å²) in [5.74, 6) is 0.262. The summed E-state index contributed by atoms with van der Waals surface area (Å²) >= 11 is 1.50.